The summed E-state index contributed by atoms with van der Waals surface area (Å²) < 4.78 is 12.9. The molecular weight excluding hydrogens is 215 g/mol. The highest BCUT2D eigenvalue weighted by atomic mass is 19.1. The fourth-order valence-corrected chi connectivity index (χ4v) is 1.16. The summed E-state index contributed by atoms with van der Waals surface area (Å²) in [6.45, 7) is 0. The van der Waals surface area contributed by atoms with Crippen molar-refractivity contribution >= 4 is 5.97 Å². The van der Waals surface area contributed by atoms with Gasteiger partial charge in [0.05, 0.1) is 5.69 Å². The van der Waals surface area contributed by atoms with Crippen LogP contribution >= 0.6 is 0 Å². The normalized spacial score (nSPS) is 10.3. The molecule has 0 unspecified atom stereocenters. The van der Waals surface area contributed by atoms with Gasteiger partial charge in [0.25, 0.3) is 0 Å². The Bertz CT molecular complexity index is 526. The Labute approximate surface area is 89.3 Å². The largest absolute Gasteiger partial charge is 0.481 e. The molecule has 0 saturated carbocycles. The molecule has 0 aliphatic rings. The van der Waals surface area contributed by atoms with Gasteiger partial charge in [0.1, 0.15) is 12.2 Å². The Hall–Kier alpha value is -2.31. The molecule has 0 spiro atoms. The fourth-order valence-electron chi connectivity index (χ4n) is 1.16. The maximum Gasteiger partial charge on any atom is 0.311 e. The van der Waals surface area contributed by atoms with Crippen molar-refractivity contribution in [2.75, 3.05) is 0 Å². The van der Waals surface area contributed by atoms with Gasteiger partial charge in [-0.25, -0.2) is 4.39 Å². The van der Waals surface area contributed by atoms with Crippen molar-refractivity contribution in [1.82, 2.24) is 20.2 Å². The molecule has 82 valence electrons. The van der Waals surface area contributed by atoms with Gasteiger partial charge in [0, 0.05) is 6.07 Å². The lowest BCUT2D eigenvalue weighted by atomic mass is 10.3. The molecule has 0 saturated heterocycles. The molecule has 0 aliphatic heterocycles. The number of halogens is 1. The van der Waals surface area contributed by atoms with Crippen molar-refractivity contribution in [2.45, 2.75) is 6.42 Å². The van der Waals surface area contributed by atoms with Crippen molar-refractivity contribution in [1.29, 1.82) is 0 Å². The maximum atomic E-state index is 12.9. The first-order valence-electron chi connectivity index (χ1n) is 4.42. The summed E-state index contributed by atoms with van der Waals surface area (Å²) in [5.41, 5.74) is 0.393. The topological polar surface area (TPSA) is 80.9 Å². The Morgan fingerprint density at radius 3 is 3.00 bits per heavy atom. The number of carbonyl (C=O) groups is 1. The number of carboxylic acids is 1. The van der Waals surface area contributed by atoms with Crippen molar-refractivity contribution < 1.29 is 14.3 Å². The third kappa shape index (κ3) is 2.19. The standard InChI is InChI=1S/C9H7FN4O2/c10-6-2-1-3-7(4-6)14-12-8(11-13-14)5-9(15)16/h1-4H,5H2,(H,15,16). The number of carboxylic acid groups (broad SMARTS) is 1. The Morgan fingerprint density at radius 2 is 2.31 bits per heavy atom. The van der Waals surface area contributed by atoms with Crippen molar-refractivity contribution in [3.05, 3.63) is 35.9 Å². The van der Waals surface area contributed by atoms with E-state index >= 15 is 0 Å². The second kappa shape index (κ2) is 4.05. The van der Waals surface area contributed by atoms with Gasteiger partial charge < -0.3 is 5.11 Å². The molecule has 1 aromatic heterocycles. The molecule has 2 aromatic rings. The van der Waals surface area contributed by atoms with Crippen LogP contribution in [0.15, 0.2) is 24.3 Å². The van der Waals surface area contributed by atoms with E-state index in [0.717, 1.165) is 4.80 Å². The van der Waals surface area contributed by atoms with E-state index in [1.54, 1.807) is 6.07 Å². The quantitative estimate of drug-likeness (QED) is 0.814. The molecule has 6 nitrogen and oxygen atoms in total. The molecule has 1 aromatic carbocycles. The molecule has 0 bridgehead atoms. The number of aliphatic carboxylic acids is 1. The lowest BCUT2D eigenvalue weighted by molar-refractivity contribution is -0.136. The molecule has 0 radical (unpaired) electrons. The number of hydrogen-bond donors (Lipinski definition) is 1. The van der Waals surface area contributed by atoms with Gasteiger partial charge in [-0.1, -0.05) is 6.07 Å². The monoisotopic (exact) mass is 222 g/mol. The first-order valence-corrected chi connectivity index (χ1v) is 4.42. The summed E-state index contributed by atoms with van der Waals surface area (Å²) >= 11 is 0. The van der Waals surface area contributed by atoms with E-state index in [1.165, 1.54) is 18.2 Å². The number of nitrogens with zero attached hydrogens (tertiary/aromatic N) is 4. The van der Waals surface area contributed by atoms with Gasteiger partial charge in [-0.2, -0.15) is 0 Å². The molecule has 0 amide bonds. The number of hydrogen-bond acceptors (Lipinski definition) is 4. The van der Waals surface area contributed by atoms with Gasteiger partial charge in [-0.3, -0.25) is 4.79 Å². The van der Waals surface area contributed by atoms with Crippen LogP contribution in [0.3, 0.4) is 0 Å². The minimum absolute atomic E-state index is 0.0803. The summed E-state index contributed by atoms with van der Waals surface area (Å²) in [5.74, 6) is -1.38. The minimum atomic E-state index is -1.04. The van der Waals surface area contributed by atoms with Crippen molar-refractivity contribution in [2.24, 2.45) is 0 Å². The average Bonchev–Trinajstić information content (AvgIpc) is 2.65. The molecule has 0 atom stereocenters. The van der Waals surface area contributed by atoms with E-state index in [2.05, 4.69) is 15.4 Å². The molecular formula is C9H7FN4O2. The van der Waals surface area contributed by atoms with Crippen LogP contribution in [0.5, 0.6) is 0 Å². The highest BCUT2D eigenvalue weighted by Crippen LogP contribution is 2.06. The number of benzene rings is 1. The molecule has 2 rings (SSSR count). The van der Waals surface area contributed by atoms with Crippen LogP contribution < -0.4 is 0 Å². The minimum Gasteiger partial charge on any atom is -0.481 e. The highest BCUT2D eigenvalue weighted by molar-refractivity contribution is 5.68. The summed E-state index contributed by atoms with van der Waals surface area (Å²) in [6.07, 6.45) is -0.310. The van der Waals surface area contributed by atoms with Crippen LogP contribution in [0.4, 0.5) is 4.39 Å². The van der Waals surface area contributed by atoms with E-state index in [9.17, 15) is 9.18 Å². The first kappa shape index (κ1) is 10.2. The second-order valence-electron chi connectivity index (χ2n) is 3.05. The zero-order chi connectivity index (χ0) is 11.5. The lowest BCUT2D eigenvalue weighted by Gasteiger charge is -1.96. The summed E-state index contributed by atoms with van der Waals surface area (Å²) in [5, 5.41) is 19.5. The van der Waals surface area contributed by atoms with Crippen LogP contribution in [-0.2, 0) is 11.2 Å². The van der Waals surface area contributed by atoms with E-state index in [1.807, 2.05) is 0 Å². The van der Waals surface area contributed by atoms with E-state index in [-0.39, 0.29) is 12.2 Å². The third-order valence-corrected chi connectivity index (χ3v) is 1.80. The van der Waals surface area contributed by atoms with Gasteiger partial charge >= 0.3 is 5.97 Å². The van der Waals surface area contributed by atoms with Crippen molar-refractivity contribution in [3.63, 3.8) is 0 Å². The van der Waals surface area contributed by atoms with Crippen LogP contribution in [0.1, 0.15) is 5.82 Å². The predicted molar refractivity (Wildman–Crippen MR) is 50.5 cm³/mol. The summed E-state index contributed by atoms with van der Waals surface area (Å²) in [6, 6.07) is 5.62. The van der Waals surface area contributed by atoms with Crippen LogP contribution in [-0.4, -0.2) is 31.3 Å². The highest BCUT2D eigenvalue weighted by Gasteiger charge is 2.08. The maximum absolute atomic E-state index is 12.9. The van der Waals surface area contributed by atoms with E-state index in [4.69, 9.17) is 5.11 Å². The van der Waals surface area contributed by atoms with Crippen LogP contribution in [0.25, 0.3) is 5.69 Å². The molecule has 0 aliphatic carbocycles. The fraction of sp³-hybridized carbons (Fsp3) is 0.111. The molecule has 1 heterocycles. The van der Waals surface area contributed by atoms with Crippen LogP contribution in [0.2, 0.25) is 0 Å². The van der Waals surface area contributed by atoms with Gasteiger partial charge in [0.2, 0.25) is 0 Å². The molecule has 0 fully saturated rings. The molecule has 16 heavy (non-hydrogen) atoms. The van der Waals surface area contributed by atoms with Crippen LogP contribution in [0, 0.1) is 5.82 Å². The second-order valence-corrected chi connectivity index (χ2v) is 3.05. The summed E-state index contributed by atoms with van der Waals surface area (Å²) in [7, 11) is 0. The lowest BCUT2D eigenvalue weighted by Crippen LogP contribution is -2.03. The van der Waals surface area contributed by atoms with Gasteiger partial charge in [-0.05, 0) is 17.3 Å². The Morgan fingerprint density at radius 1 is 1.50 bits per heavy atom. The zero-order valence-corrected chi connectivity index (χ0v) is 8.04. The average molecular weight is 222 g/mol. The van der Waals surface area contributed by atoms with Crippen molar-refractivity contribution in [3.8, 4) is 5.69 Å². The number of aromatic nitrogens is 4. The molecule has 1 N–H and O–H groups in total. The van der Waals surface area contributed by atoms with E-state index < -0.39 is 11.8 Å². The SMILES string of the molecule is O=C(O)Cc1nnn(-c2cccc(F)c2)n1. The summed E-state index contributed by atoms with van der Waals surface area (Å²) in [4.78, 5) is 11.5. The third-order valence-electron chi connectivity index (χ3n) is 1.80. The number of tetrazole rings is 1. The molecule has 7 heteroatoms. The Kier molecular flexibility index (Phi) is 2.59. The Balaban J connectivity index is 2.28. The van der Waals surface area contributed by atoms with Gasteiger partial charge in [-0.15, -0.1) is 15.0 Å². The predicted octanol–water partition coefficient (Wildman–Crippen LogP) is 0.428. The zero-order valence-electron chi connectivity index (χ0n) is 8.04. The smallest absolute Gasteiger partial charge is 0.311 e. The van der Waals surface area contributed by atoms with Gasteiger partial charge in [0.15, 0.2) is 5.82 Å². The first-order chi connectivity index (χ1) is 7.65. The van der Waals surface area contributed by atoms with E-state index in [0.29, 0.717) is 5.69 Å². The number of rotatable bonds is 3.